The topological polar surface area (TPSA) is 43.4 Å². The third-order valence-electron chi connectivity index (χ3n) is 4.02. The third-order valence-corrected chi connectivity index (χ3v) is 4.02. The molecule has 19 heavy (non-hydrogen) atoms. The van der Waals surface area contributed by atoms with Gasteiger partial charge in [-0.1, -0.05) is 18.2 Å². The van der Waals surface area contributed by atoms with E-state index in [1.807, 2.05) is 0 Å². The lowest BCUT2D eigenvalue weighted by atomic mass is 10.1. The van der Waals surface area contributed by atoms with Gasteiger partial charge in [0.1, 0.15) is 0 Å². The van der Waals surface area contributed by atoms with Gasteiger partial charge < -0.3 is 15.0 Å². The fourth-order valence-corrected chi connectivity index (χ4v) is 2.94. The van der Waals surface area contributed by atoms with E-state index in [-0.39, 0.29) is 0 Å². The number of benzene rings is 1. The van der Waals surface area contributed by atoms with Crippen molar-refractivity contribution in [2.24, 2.45) is 12.8 Å². The van der Waals surface area contributed by atoms with Gasteiger partial charge in [-0.05, 0) is 11.6 Å². The summed E-state index contributed by atoms with van der Waals surface area (Å²) in [6.07, 6.45) is 0. The van der Waals surface area contributed by atoms with Crippen molar-refractivity contribution in [3.05, 3.63) is 35.5 Å². The molecule has 1 saturated heterocycles. The standard InChI is InChI=1S/C15H21N3O/c1-17-14-5-3-2-4-12(14)13(15(17)10-16)11-18-6-8-19-9-7-18/h2-5H,6-11,16H2,1H3. The maximum absolute atomic E-state index is 5.96. The number of rotatable bonds is 3. The van der Waals surface area contributed by atoms with Crippen molar-refractivity contribution in [1.29, 1.82) is 0 Å². The van der Waals surface area contributed by atoms with E-state index >= 15 is 0 Å². The Kier molecular flexibility index (Phi) is 3.55. The van der Waals surface area contributed by atoms with E-state index in [4.69, 9.17) is 10.5 Å². The molecule has 0 spiro atoms. The molecule has 0 aliphatic carbocycles. The molecule has 2 N–H and O–H groups in total. The molecule has 102 valence electrons. The van der Waals surface area contributed by atoms with Crippen LogP contribution in [0.15, 0.2) is 24.3 Å². The molecule has 1 aliphatic heterocycles. The summed E-state index contributed by atoms with van der Waals surface area (Å²) >= 11 is 0. The quantitative estimate of drug-likeness (QED) is 0.907. The summed E-state index contributed by atoms with van der Waals surface area (Å²) < 4.78 is 7.64. The summed E-state index contributed by atoms with van der Waals surface area (Å²) in [4.78, 5) is 2.45. The van der Waals surface area contributed by atoms with Crippen molar-refractivity contribution in [1.82, 2.24) is 9.47 Å². The zero-order chi connectivity index (χ0) is 13.2. The van der Waals surface area contributed by atoms with Gasteiger partial charge in [-0.2, -0.15) is 0 Å². The summed E-state index contributed by atoms with van der Waals surface area (Å²) in [7, 11) is 2.10. The Labute approximate surface area is 113 Å². The Hall–Kier alpha value is -1.36. The summed E-state index contributed by atoms with van der Waals surface area (Å²) in [6.45, 7) is 5.24. The number of morpholine rings is 1. The minimum Gasteiger partial charge on any atom is -0.379 e. The number of aromatic nitrogens is 1. The predicted octanol–water partition coefficient (Wildman–Crippen LogP) is 1.47. The van der Waals surface area contributed by atoms with Crippen LogP contribution in [0.2, 0.25) is 0 Å². The van der Waals surface area contributed by atoms with Crippen LogP contribution in [-0.2, 0) is 24.9 Å². The first kappa shape index (κ1) is 12.7. The van der Waals surface area contributed by atoms with Gasteiger partial charge in [0, 0.05) is 49.8 Å². The van der Waals surface area contributed by atoms with Gasteiger partial charge >= 0.3 is 0 Å². The monoisotopic (exact) mass is 259 g/mol. The highest BCUT2D eigenvalue weighted by molar-refractivity contribution is 5.85. The SMILES string of the molecule is Cn1c(CN)c(CN2CCOCC2)c2ccccc21. The third kappa shape index (κ3) is 2.27. The van der Waals surface area contributed by atoms with E-state index in [2.05, 4.69) is 40.8 Å². The van der Waals surface area contributed by atoms with Crippen molar-refractivity contribution < 1.29 is 4.74 Å². The van der Waals surface area contributed by atoms with E-state index < -0.39 is 0 Å². The molecule has 1 aliphatic rings. The Morgan fingerprint density at radius 1 is 1.21 bits per heavy atom. The van der Waals surface area contributed by atoms with E-state index in [0.29, 0.717) is 6.54 Å². The number of nitrogens with two attached hydrogens (primary N) is 1. The highest BCUT2D eigenvalue weighted by atomic mass is 16.5. The second kappa shape index (κ2) is 5.33. The zero-order valence-corrected chi connectivity index (χ0v) is 11.4. The number of para-hydroxylation sites is 1. The van der Waals surface area contributed by atoms with Crippen LogP contribution in [0, 0.1) is 0 Å². The lowest BCUT2D eigenvalue weighted by Gasteiger charge is -2.26. The molecule has 0 saturated carbocycles. The molecule has 3 rings (SSSR count). The molecular weight excluding hydrogens is 238 g/mol. The van der Waals surface area contributed by atoms with Crippen LogP contribution in [0.5, 0.6) is 0 Å². The Balaban J connectivity index is 2.00. The van der Waals surface area contributed by atoms with E-state index in [9.17, 15) is 0 Å². The van der Waals surface area contributed by atoms with Crippen LogP contribution in [0.25, 0.3) is 10.9 Å². The summed E-state index contributed by atoms with van der Waals surface area (Å²) in [5.74, 6) is 0. The molecule has 2 aromatic rings. The van der Waals surface area contributed by atoms with Crippen molar-refractivity contribution in [2.45, 2.75) is 13.1 Å². The summed E-state index contributed by atoms with van der Waals surface area (Å²) in [5, 5.41) is 1.33. The largest absolute Gasteiger partial charge is 0.379 e. The second-order valence-corrected chi connectivity index (χ2v) is 5.09. The highest BCUT2D eigenvalue weighted by Gasteiger charge is 2.18. The van der Waals surface area contributed by atoms with E-state index in [1.54, 1.807) is 0 Å². The molecule has 0 amide bonds. The summed E-state index contributed by atoms with van der Waals surface area (Å²) in [6, 6.07) is 8.55. The van der Waals surface area contributed by atoms with Crippen LogP contribution in [0.3, 0.4) is 0 Å². The van der Waals surface area contributed by atoms with Crippen LogP contribution < -0.4 is 5.73 Å². The second-order valence-electron chi connectivity index (χ2n) is 5.09. The van der Waals surface area contributed by atoms with E-state index in [1.165, 1.54) is 22.2 Å². The van der Waals surface area contributed by atoms with Gasteiger partial charge in [0.2, 0.25) is 0 Å². The first-order chi connectivity index (χ1) is 9.31. The molecule has 1 aromatic carbocycles. The first-order valence-corrected chi connectivity index (χ1v) is 6.86. The zero-order valence-electron chi connectivity index (χ0n) is 11.4. The molecule has 0 unspecified atom stereocenters. The van der Waals surface area contributed by atoms with Gasteiger partial charge in [0.15, 0.2) is 0 Å². The lowest BCUT2D eigenvalue weighted by Crippen LogP contribution is -2.35. The lowest BCUT2D eigenvalue weighted by molar-refractivity contribution is 0.0342. The number of ether oxygens (including phenoxy) is 1. The fourth-order valence-electron chi connectivity index (χ4n) is 2.94. The summed E-state index contributed by atoms with van der Waals surface area (Å²) in [5.41, 5.74) is 9.85. The van der Waals surface area contributed by atoms with Crippen molar-refractivity contribution in [3.63, 3.8) is 0 Å². The van der Waals surface area contributed by atoms with Crippen LogP contribution >= 0.6 is 0 Å². The van der Waals surface area contributed by atoms with Gasteiger partial charge in [0.05, 0.1) is 13.2 Å². The van der Waals surface area contributed by atoms with E-state index in [0.717, 1.165) is 32.8 Å². The Morgan fingerprint density at radius 2 is 1.95 bits per heavy atom. The maximum atomic E-state index is 5.96. The Bertz CT molecular complexity index is 570. The van der Waals surface area contributed by atoms with Gasteiger partial charge in [-0.25, -0.2) is 0 Å². The van der Waals surface area contributed by atoms with Crippen LogP contribution in [0.1, 0.15) is 11.3 Å². The van der Waals surface area contributed by atoms with Crippen molar-refractivity contribution in [3.8, 4) is 0 Å². The fraction of sp³-hybridized carbons (Fsp3) is 0.467. The molecule has 0 radical (unpaired) electrons. The molecule has 0 atom stereocenters. The average Bonchev–Trinajstić information content (AvgIpc) is 2.73. The van der Waals surface area contributed by atoms with Gasteiger partial charge in [0.25, 0.3) is 0 Å². The smallest absolute Gasteiger partial charge is 0.0594 e. The molecule has 0 bridgehead atoms. The number of fused-ring (bicyclic) bond motifs is 1. The predicted molar refractivity (Wildman–Crippen MR) is 76.9 cm³/mol. The number of nitrogens with zero attached hydrogens (tertiary/aromatic N) is 2. The normalized spacial score (nSPS) is 17.2. The average molecular weight is 259 g/mol. The molecule has 2 heterocycles. The van der Waals surface area contributed by atoms with Gasteiger partial charge in [-0.15, -0.1) is 0 Å². The van der Waals surface area contributed by atoms with Crippen LogP contribution in [-0.4, -0.2) is 35.8 Å². The maximum Gasteiger partial charge on any atom is 0.0594 e. The van der Waals surface area contributed by atoms with Crippen molar-refractivity contribution in [2.75, 3.05) is 26.3 Å². The molecular formula is C15H21N3O. The molecule has 4 nitrogen and oxygen atoms in total. The minimum absolute atomic E-state index is 0.588. The number of hydrogen-bond acceptors (Lipinski definition) is 3. The number of aryl methyl sites for hydroxylation is 1. The van der Waals surface area contributed by atoms with Crippen LogP contribution in [0.4, 0.5) is 0 Å². The van der Waals surface area contributed by atoms with Gasteiger partial charge in [-0.3, -0.25) is 4.90 Å². The minimum atomic E-state index is 0.588. The molecule has 4 heteroatoms. The Morgan fingerprint density at radius 3 is 2.68 bits per heavy atom. The first-order valence-electron chi connectivity index (χ1n) is 6.86. The highest BCUT2D eigenvalue weighted by Crippen LogP contribution is 2.26. The van der Waals surface area contributed by atoms with Crippen molar-refractivity contribution >= 4 is 10.9 Å². The number of hydrogen-bond donors (Lipinski definition) is 1. The molecule has 1 aromatic heterocycles. The molecule has 1 fully saturated rings.